The van der Waals surface area contributed by atoms with Crippen molar-refractivity contribution in [3.8, 4) is 0 Å². The van der Waals surface area contributed by atoms with Gasteiger partial charge in [-0.05, 0) is 28.7 Å². The van der Waals surface area contributed by atoms with Crippen LogP contribution in [0.3, 0.4) is 0 Å². The van der Waals surface area contributed by atoms with Crippen molar-refractivity contribution in [3.05, 3.63) is 70.8 Å². The van der Waals surface area contributed by atoms with Gasteiger partial charge in [0.15, 0.2) is 0 Å². The molecule has 2 N–H and O–H groups in total. The zero-order valence-corrected chi connectivity index (χ0v) is 14.4. The molecule has 130 valence electrons. The van der Waals surface area contributed by atoms with Gasteiger partial charge in [0, 0.05) is 25.0 Å². The van der Waals surface area contributed by atoms with Gasteiger partial charge < -0.3 is 15.4 Å². The number of fused-ring (bicyclic) bond motifs is 1. The predicted octanol–water partition coefficient (Wildman–Crippen LogP) is 2.26. The molecule has 4 heteroatoms. The van der Waals surface area contributed by atoms with Gasteiger partial charge in [0.25, 0.3) is 0 Å². The number of carbonyl (C=O) groups is 1. The van der Waals surface area contributed by atoms with Gasteiger partial charge in [-0.25, -0.2) is 0 Å². The molecule has 1 fully saturated rings. The lowest BCUT2D eigenvalue weighted by Gasteiger charge is -2.19. The second kappa shape index (κ2) is 6.98. The molecular weight excluding hydrogens is 312 g/mol. The summed E-state index contributed by atoms with van der Waals surface area (Å²) in [6.45, 7) is 2.78. The van der Waals surface area contributed by atoms with Gasteiger partial charge >= 0.3 is 0 Å². The van der Waals surface area contributed by atoms with Gasteiger partial charge in [-0.15, -0.1) is 0 Å². The minimum absolute atomic E-state index is 0.00304. The molecule has 2 atom stereocenters. The summed E-state index contributed by atoms with van der Waals surface area (Å²) < 4.78 is 5.52. The first-order chi connectivity index (χ1) is 12.2. The maximum atomic E-state index is 12.7. The second-order valence-corrected chi connectivity index (χ2v) is 7.06. The van der Waals surface area contributed by atoms with Crippen LogP contribution in [0.15, 0.2) is 48.5 Å². The van der Waals surface area contributed by atoms with Gasteiger partial charge in [-0.1, -0.05) is 48.5 Å². The van der Waals surface area contributed by atoms with Crippen LogP contribution >= 0.6 is 0 Å². The summed E-state index contributed by atoms with van der Waals surface area (Å²) >= 11 is 0. The normalized spacial score (nSPS) is 22.7. The number of nitrogens with zero attached hydrogens (tertiary/aromatic N) is 1. The van der Waals surface area contributed by atoms with Crippen LogP contribution in [0.5, 0.6) is 0 Å². The molecule has 0 aromatic heterocycles. The van der Waals surface area contributed by atoms with Gasteiger partial charge in [-0.2, -0.15) is 0 Å². The van der Waals surface area contributed by atoms with Crippen LogP contribution in [0.1, 0.15) is 28.2 Å². The predicted molar refractivity (Wildman–Crippen MR) is 97.2 cm³/mol. The van der Waals surface area contributed by atoms with E-state index in [1.165, 1.54) is 16.7 Å². The average Bonchev–Trinajstić information content (AvgIpc) is 3.04. The third kappa shape index (κ3) is 3.46. The zero-order valence-electron chi connectivity index (χ0n) is 14.4. The summed E-state index contributed by atoms with van der Waals surface area (Å²) in [5.74, 6) is 0.382. The first kappa shape index (κ1) is 16.3. The fraction of sp³-hybridized carbons (Fsp3) is 0.381. The lowest BCUT2D eigenvalue weighted by molar-refractivity contribution is -0.129. The minimum atomic E-state index is 0.00304. The number of carbonyl (C=O) groups excluding carboxylic acids is 1. The largest absolute Gasteiger partial charge is 0.376 e. The fourth-order valence-electron chi connectivity index (χ4n) is 3.90. The monoisotopic (exact) mass is 336 g/mol. The topological polar surface area (TPSA) is 55.6 Å². The Kier molecular flexibility index (Phi) is 4.55. The van der Waals surface area contributed by atoms with Crippen molar-refractivity contribution < 1.29 is 9.53 Å². The Morgan fingerprint density at radius 3 is 2.80 bits per heavy atom. The van der Waals surface area contributed by atoms with E-state index in [4.69, 9.17) is 10.5 Å². The van der Waals surface area contributed by atoms with E-state index < -0.39 is 0 Å². The van der Waals surface area contributed by atoms with Crippen molar-refractivity contribution in [3.63, 3.8) is 0 Å². The maximum absolute atomic E-state index is 12.7. The van der Waals surface area contributed by atoms with Crippen molar-refractivity contribution in [2.75, 3.05) is 19.7 Å². The van der Waals surface area contributed by atoms with E-state index in [1.54, 1.807) is 0 Å². The lowest BCUT2D eigenvalue weighted by atomic mass is 9.95. The number of rotatable bonds is 3. The van der Waals surface area contributed by atoms with Crippen LogP contribution in [0.25, 0.3) is 0 Å². The molecule has 2 aromatic carbocycles. The van der Waals surface area contributed by atoms with Crippen LogP contribution < -0.4 is 5.73 Å². The number of benzene rings is 2. The number of likely N-dealkylation sites (tertiary alicyclic amines) is 1. The maximum Gasteiger partial charge on any atom is 0.227 e. The summed E-state index contributed by atoms with van der Waals surface area (Å²) in [7, 11) is 0. The summed E-state index contributed by atoms with van der Waals surface area (Å²) in [5, 5.41) is 0. The quantitative estimate of drug-likeness (QED) is 0.935. The smallest absolute Gasteiger partial charge is 0.227 e. The molecule has 0 spiro atoms. The van der Waals surface area contributed by atoms with Crippen molar-refractivity contribution in [1.29, 1.82) is 0 Å². The Morgan fingerprint density at radius 2 is 1.96 bits per heavy atom. The van der Waals surface area contributed by atoms with Crippen molar-refractivity contribution in [2.24, 2.45) is 5.73 Å². The average molecular weight is 336 g/mol. The first-order valence-electron chi connectivity index (χ1n) is 8.97. The molecule has 1 saturated heterocycles. The number of nitrogens with two attached hydrogens (primary N) is 1. The highest BCUT2D eigenvalue weighted by Gasteiger charge is 2.33. The Morgan fingerprint density at radius 1 is 1.12 bits per heavy atom. The molecule has 2 heterocycles. The lowest BCUT2D eigenvalue weighted by Crippen LogP contribution is -2.33. The van der Waals surface area contributed by atoms with E-state index >= 15 is 0 Å². The molecule has 0 aliphatic carbocycles. The summed E-state index contributed by atoms with van der Waals surface area (Å²) in [5.41, 5.74) is 11.2. The van der Waals surface area contributed by atoms with Crippen LogP contribution in [0.4, 0.5) is 0 Å². The van der Waals surface area contributed by atoms with Crippen molar-refractivity contribution in [2.45, 2.75) is 31.4 Å². The van der Waals surface area contributed by atoms with Gasteiger partial charge in [-0.3, -0.25) is 4.79 Å². The SMILES string of the molecule is N[C@@H]1CN(C(=O)Cc2ccc3c(c2)COCC3)C[C@H]1c1ccccc1. The second-order valence-electron chi connectivity index (χ2n) is 7.06. The molecule has 4 nitrogen and oxygen atoms in total. The molecule has 0 saturated carbocycles. The van der Waals surface area contributed by atoms with Crippen LogP contribution in [0.2, 0.25) is 0 Å². The third-order valence-electron chi connectivity index (χ3n) is 5.34. The van der Waals surface area contributed by atoms with Crippen molar-refractivity contribution in [1.82, 2.24) is 4.90 Å². The molecule has 25 heavy (non-hydrogen) atoms. The third-order valence-corrected chi connectivity index (χ3v) is 5.34. The van der Waals surface area contributed by atoms with E-state index in [2.05, 4.69) is 30.3 Å². The number of hydrogen-bond acceptors (Lipinski definition) is 3. The highest BCUT2D eigenvalue weighted by Crippen LogP contribution is 2.27. The molecule has 1 amide bonds. The van der Waals surface area contributed by atoms with Gasteiger partial charge in [0.05, 0.1) is 19.6 Å². The van der Waals surface area contributed by atoms with E-state index in [0.717, 1.165) is 18.6 Å². The molecule has 2 aliphatic heterocycles. The molecule has 0 radical (unpaired) electrons. The van der Waals surface area contributed by atoms with E-state index in [9.17, 15) is 4.79 Å². The molecule has 2 aliphatic rings. The van der Waals surface area contributed by atoms with Gasteiger partial charge in [0.2, 0.25) is 5.91 Å². The van der Waals surface area contributed by atoms with Crippen LogP contribution in [0, 0.1) is 0 Å². The minimum Gasteiger partial charge on any atom is -0.376 e. The summed E-state index contributed by atoms with van der Waals surface area (Å²) in [6, 6.07) is 16.6. The van der Waals surface area contributed by atoms with Crippen molar-refractivity contribution >= 4 is 5.91 Å². The standard InChI is InChI=1S/C21H24N2O2/c22-20-13-23(12-19(20)17-4-2-1-3-5-17)21(24)11-15-6-7-16-8-9-25-14-18(16)10-15/h1-7,10,19-20H,8-9,11-14,22H2/t19-,20+/m0/s1. The molecular formula is C21H24N2O2. The Balaban J connectivity index is 1.43. The summed E-state index contributed by atoms with van der Waals surface area (Å²) in [6.07, 6.45) is 1.39. The molecule has 0 bridgehead atoms. The van der Waals surface area contributed by atoms with E-state index in [1.807, 2.05) is 23.1 Å². The van der Waals surface area contributed by atoms with E-state index in [0.29, 0.717) is 26.1 Å². The Hall–Kier alpha value is -2.17. The highest BCUT2D eigenvalue weighted by atomic mass is 16.5. The van der Waals surface area contributed by atoms with Crippen LogP contribution in [-0.4, -0.2) is 36.5 Å². The molecule has 4 rings (SSSR count). The highest BCUT2D eigenvalue weighted by molar-refractivity contribution is 5.79. The zero-order chi connectivity index (χ0) is 17.2. The molecule has 0 unspecified atom stereocenters. The number of ether oxygens (including phenoxy) is 1. The fourth-order valence-corrected chi connectivity index (χ4v) is 3.90. The number of amides is 1. The Labute approximate surface area is 148 Å². The number of hydrogen-bond donors (Lipinski definition) is 1. The van der Waals surface area contributed by atoms with Gasteiger partial charge in [0.1, 0.15) is 0 Å². The Bertz CT molecular complexity index is 760. The van der Waals surface area contributed by atoms with Crippen LogP contribution in [-0.2, 0) is 29.0 Å². The van der Waals surface area contributed by atoms with E-state index in [-0.39, 0.29) is 17.9 Å². The molecule has 2 aromatic rings. The summed E-state index contributed by atoms with van der Waals surface area (Å²) in [4.78, 5) is 14.7. The first-order valence-corrected chi connectivity index (χ1v) is 8.97.